The molecule has 1 aromatic heterocycles. The van der Waals surface area contributed by atoms with Gasteiger partial charge in [0.05, 0.1) is 18.1 Å². The number of nitrogens with zero attached hydrogens (tertiary/aromatic N) is 3. The zero-order valence-electron chi connectivity index (χ0n) is 14.6. The summed E-state index contributed by atoms with van der Waals surface area (Å²) < 4.78 is 33.8. The Labute approximate surface area is 156 Å². The summed E-state index contributed by atoms with van der Waals surface area (Å²) in [5.41, 5.74) is 0.640. The van der Waals surface area contributed by atoms with Gasteiger partial charge >= 0.3 is 5.69 Å². The number of aromatic nitrogens is 3. The summed E-state index contributed by atoms with van der Waals surface area (Å²) >= 11 is 1.41. The molecule has 10 heteroatoms. The van der Waals surface area contributed by atoms with Crippen LogP contribution in [0.25, 0.3) is 0 Å². The molecule has 0 bridgehead atoms. The maximum Gasteiger partial charge on any atom is 0.343 e. The van der Waals surface area contributed by atoms with E-state index in [0.29, 0.717) is 43.8 Å². The molecule has 1 aliphatic rings. The molecule has 3 rings (SSSR count). The lowest BCUT2D eigenvalue weighted by Gasteiger charge is -2.26. The van der Waals surface area contributed by atoms with Gasteiger partial charge in [-0.05, 0) is 24.1 Å². The predicted molar refractivity (Wildman–Crippen MR) is 98.7 cm³/mol. The maximum absolute atomic E-state index is 12.8. The molecule has 142 valence electrons. The number of hydrogen-bond acceptors (Lipinski definition) is 6. The molecule has 2 aromatic rings. The van der Waals surface area contributed by atoms with Crippen LogP contribution in [-0.2, 0) is 27.1 Å². The van der Waals surface area contributed by atoms with Gasteiger partial charge in [-0.2, -0.15) is 4.31 Å². The number of benzene rings is 1. The van der Waals surface area contributed by atoms with Crippen LogP contribution >= 0.6 is 11.8 Å². The molecule has 0 aliphatic carbocycles. The average Bonchev–Trinajstić information content (AvgIpc) is 3.01. The highest BCUT2D eigenvalue weighted by Gasteiger charge is 2.26. The Morgan fingerprint density at radius 3 is 2.81 bits per heavy atom. The van der Waals surface area contributed by atoms with E-state index in [0.717, 1.165) is 12.0 Å². The molecular formula is C16H22N4O4S2. The number of morpholine rings is 1. The van der Waals surface area contributed by atoms with Gasteiger partial charge in [0, 0.05) is 25.4 Å². The van der Waals surface area contributed by atoms with E-state index < -0.39 is 10.0 Å². The third-order valence-corrected chi connectivity index (χ3v) is 6.99. The summed E-state index contributed by atoms with van der Waals surface area (Å²) in [6, 6.07) is 6.92. The number of nitrogens with one attached hydrogen (secondary N) is 1. The molecule has 1 aliphatic heterocycles. The molecule has 1 aromatic carbocycles. The number of rotatable bonds is 7. The van der Waals surface area contributed by atoms with Gasteiger partial charge < -0.3 is 4.74 Å². The Hall–Kier alpha value is -1.62. The highest BCUT2D eigenvalue weighted by atomic mass is 32.2. The molecular weight excluding hydrogens is 376 g/mol. The van der Waals surface area contributed by atoms with Crippen LogP contribution < -0.4 is 5.69 Å². The third kappa shape index (κ3) is 4.20. The fourth-order valence-electron chi connectivity index (χ4n) is 2.71. The first kappa shape index (κ1) is 19.2. The fraction of sp³-hybridized carbons (Fsp3) is 0.500. The number of hydrogen-bond donors (Lipinski definition) is 1. The van der Waals surface area contributed by atoms with E-state index in [1.165, 1.54) is 16.1 Å². The van der Waals surface area contributed by atoms with Crippen LogP contribution in [0.2, 0.25) is 0 Å². The molecule has 1 fully saturated rings. The van der Waals surface area contributed by atoms with E-state index in [9.17, 15) is 13.2 Å². The number of H-pyrrole nitrogens is 1. The highest BCUT2D eigenvalue weighted by Crippen LogP contribution is 2.23. The van der Waals surface area contributed by atoms with Crippen molar-refractivity contribution >= 4 is 21.8 Å². The third-order valence-electron chi connectivity index (χ3n) is 4.04. The van der Waals surface area contributed by atoms with E-state index in [1.807, 2.05) is 13.0 Å². The minimum Gasteiger partial charge on any atom is -0.379 e. The van der Waals surface area contributed by atoms with Crippen LogP contribution in [0.15, 0.2) is 39.1 Å². The van der Waals surface area contributed by atoms with E-state index in [-0.39, 0.29) is 10.6 Å². The zero-order valence-corrected chi connectivity index (χ0v) is 16.2. The number of ether oxygens (including phenoxy) is 1. The second kappa shape index (κ2) is 8.38. The second-order valence-electron chi connectivity index (χ2n) is 5.92. The van der Waals surface area contributed by atoms with Crippen LogP contribution in [0, 0.1) is 0 Å². The Morgan fingerprint density at radius 1 is 1.31 bits per heavy atom. The minimum absolute atomic E-state index is 0.224. The summed E-state index contributed by atoms with van der Waals surface area (Å²) in [6.07, 6.45) is 0.834. The lowest BCUT2D eigenvalue weighted by molar-refractivity contribution is 0.0730. The SMILES string of the molecule is CCCn1c(SCc2cccc(S(=O)(=O)N3CCOCC3)c2)n[nH]c1=O. The summed E-state index contributed by atoms with van der Waals surface area (Å²) in [5.74, 6) is 0.528. The summed E-state index contributed by atoms with van der Waals surface area (Å²) in [7, 11) is -3.51. The lowest BCUT2D eigenvalue weighted by atomic mass is 10.2. The van der Waals surface area contributed by atoms with E-state index in [1.54, 1.807) is 22.8 Å². The number of thioether (sulfide) groups is 1. The largest absolute Gasteiger partial charge is 0.379 e. The predicted octanol–water partition coefficient (Wildman–Crippen LogP) is 1.29. The lowest BCUT2D eigenvalue weighted by Crippen LogP contribution is -2.40. The molecule has 0 unspecified atom stereocenters. The normalized spacial score (nSPS) is 16.0. The van der Waals surface area contributed by atoms with Gasteiger partial charge in [-0.1, -0.05) is 30.8 Å². The average molecular weight is 399 g/mol. The monoisotopic (exact) mass is 398 g/mol. The Balaban J connectivity index is 1.74. The highest BCUT2D eigenvalue weighted by molar-refractivity contribution is 7.98. The standard InChI is InChI=1S/C16H22N4O4S2/c1-2-6-20-15(21)17-18-16(20)25-12-13-4-3-5-14(11-13)26(22,23)19-7-9-24-10-8-19/h3-5,11H,2,6-10,12H2,1H3,(H,17,21). The van der Waals surface area contributed by atoms with Crippen LogP contribution in [0.1, 0.15) is 18.9 Å². The number of sulfonamides is 1. The Kier molecular flexibility index (Phi) is 6.17. The first-order valence-electron chi connectivity index (χ1n) is 8.47. The van der Waals surface area contributed by atoms with Gasteiger partial charge in [0.2, 0.25) is 10.0 Å². The van der Waals surface area contributed by atoms with Crippen molar-refractivity contribution in [1.29, 1.82) is 0 Å². The molecule has 0 radical (unpaired) electrons. The summed E-state index contributed by atoms with van der Waals surface area (Å²) in [6.45, 7) is 4.18. The Morgan fingerprint density at radius 2 is 2.08 bits per heavy atom. The van der Waals surface area contributed by atoms with Gasteiger partial charge in [-0.25, -0.2) is 18.3 Å². The first-order chi connectivity index (χ1) is 12.5. The molecule has 0 saturated carbocycles. The van der Waals surface area contributed by atoms with Gasteiger partial charge in [0.25, 0.3) is 0 Å². The van der Waals surface area contributed by atoms with E-state index >= 15 is 0 Å². The van der Waals surface area contributed by atoms with Crippen molar-refractivity contribution in [3.8, 4) is 0 Å². The summed E-state index contributed by atoms with van der Waals surface area (Å²) in [4.78, 5) is 12.0. The van der Waals surface area contributed by atoms with Crippen molar-refractivity contribution in [3.05, 3.63) is 40.3 Å². The molecule has 8 nitrogen and oxygen atoms in total. The van der Waals surface area contributed by atoms with Crippen LogP contribution in [0.5, 0.6) is 0 Å². The summed E-state index contributed by atoms with van der Waals surface area (Å²) in [5, 5.41) is 7.11. The van der Waals surface area contributed by atoms with Crippen molar-refractivity contribution in [1.82, 2.24) is 19.1 Å². The molecule has 0 spiro atoms. The zero-order chi connectivity index (χ0) is 18.6. The fourth-order valence-corrected chi connectivity index (χ4v) is 5.11. The molecule has 0 atom stereocenters. The van der Waals surface area contributed by atoms with Crippen molar-refractivity contribution in [2.45, 2.75) is 35.7 Å². The smallest absolute Gasteiger partial charge is 0.343 e. The minimum atomic E-state index is -3.51. The van der Waals surface area contributed by atoms with Crippen molar-refractivity contribution in [3.63, 3.8) is 0 Å². The molecule has 2 heterocycles. The second-order valence-corrected chi connectivity index (χ2v) is 8.80. The topological polar surface area (TPSA) is 97.3 Å². The van der Waals surface area contributed by atoms with Crippen molar-refractivity contribution in [2.24, 2.45) is 0 Å². The van der Waals surface area contributed by atoms with Gasteiger partial charge in [0.1, 0.15) is 0 Å². The molecule has 26 heavy (non-hydrogen) atoms. The molecule has 0 amide bonds. The van der Waals surface area contributed by atoms with E-state index in [4.69, 9.17) is 4.74 Å². The quantitative estimate of drug-likeness (QED) is 0.706. The van der Waals surface area contributed by atoms with Crippen LogP contribution in [0.4, 0.5) is 0 Å². The van der Waals surface area contributed by atoms with Crippen molar-refractivity contribution < 1.29 is 13.2 Å². The number of aromatic amines is 1. The van der Waals surface area contributed by atoms with Gasteiger partial charge in [-0.15, -0.1) is 5.10 Å². The molecule has 1 N–H and O–H groups in total. The Bertz CT molecular complexity index is 901. The van der Waals surface area contributed by atoms with Crippen LogP contribution in [0.3, 0.4) is 0 Å². The van der Waals surface area contributed by atoms with E-state index in [2.05, 4.69) is 10.2 Å². The van der Waals surface area contributed by atoms with Gasteiger partial charge in [0.15, 0.2) is 5.16 Å². The maximum atomic E-state index is 12.8. The van der Waals surface area contributed by atoms with Gasteiger partial charge in [-0.3, -0.25) is 4.57 Å². The molecule has 1 saturated heterocycles. The van der Waals surface area contributed by atoms with Crippen molar-refractivity contribution in [2.75, 3.05) is 26.3 Å². The van der Waals surface area contributed by atoms with Crippen LogP contribution in [-0.4, -0.2) is 53.8 Å². The first-order valence-corrected chi connectivity index (χ1v) is 10.9.